The molecular weight excluding hydrogens is 476 g/mol. The van der Waals surface area contributed by atoms with E-state index in [4.69, 9.17) is 9.72 Å². The Morgan fingerprint density at radius 2 is 1.71 bits per heavy atom. The molecule has 2 aliphatic heterocycles. The number of nitrogens with one attached hydrogen (secondary N) is 2. The fraction of sp³-hybridized carbons (Fsp3) is 0.367. The van der Waals surface area contributed by atoms with Gasteiger partial charge in [0, 0.05) is 84.6 Å². The SMILES string of the molecule is Cc1cc(-c2[nH]c3cc(-c4ccc(N5CCN(C(=O)[C@@H]6CNCCO6)CC5)nc4)ccc3c2C)cc(C)n1. The van der Waals surface area contributed by atoms with Gasteiger partial charge in [-0.3, -0.25) is 9.78 Å². The molecule has 38 heavy (non-hydrogen) atoms. The Labute approximate surface area is 223 Å². The molecule has 6 rings (SSSR count). The minimum atomic E-state index is -0.359. The highest BCUT2D eigenvalue weighted by molar-refractivity contribution is 5.93. The summed E-state index contributed by atoms with van der Waals surface area (Å²) in [5.74, 6) is 1.03. The maximum Gasteiger partial charge on any atom is 0.253 e. The van der Waals surface area contributed by atoms with Crippen LogP contribution in [0.1, 0.15) is 17.0 Å². The van der Waals surface area contributed by atoms with E-state index < -0.39 is 0 Å². The highest BCUT2D eigenvalue weighted by Gasteiger charge is 2.29. The second-order valence-electron chi connectivity index (χ2n) is 10.3. The summed E-state index contributed by atoms with van der Waals surface area (Å²) in [6.45, 7) is 11.1. The molecule has 2 fully saturated rings. The molecule has 0 radical (unpaired) electrons. The molecule has 2 saturated heterocycles. The second-order valence-corrected chi connectivity index (χ2v) is 10.3. The Morgan fingerprint density at radius 3 is 2.39 bits per heavy atom. The normalized spacial score (nSPS) is 18.2. The van der Waals surface area contributed by atoms with Crippen molar-refractivity contribution < 1.29 is 9.53 Å². The molecule has 0 bridgehead atoms. The van der Waals surface area contributed by atoms with E-state index in [1.807, 2.05) is 24.9 Å². The van der Waals surface area contributed by atoms with Gasteiger partial charge in [0.1, 0.15) is 11.9 Å². The second kappa shape index (κ2) is 10.2. The zero-order valence-corrected chi connectivity index (χ0v) is 22.3. The van der Waals surface area contributed by atoms with Crippen LogP contribution in [0.4, 0.5) is 5.82 Å². The molecule has 1 amide bonds. The summed E-state index contributed by atoms with van der Waals surface area (Å²) in [5.41, 5.74) is 8.92. The highest BCUT2D eigenvalue weighted by Crippen LogP contribution is 2.33. The van der Waals surface area contributed by atoms with Crippen molar-refractivity contribution in [3.8, 4) is 22.4 Å². The zero-order chi connectivity index (χ0) is 26.2. The van der Waals surface area contributed by atoms with Crippen molar-refractivity contribution in [1.82, 2.24) is 25.2 Å². The maximum atomic E-state index is 12.7. The number of hydrogen-bond donors (Lipinski definition) is 2. The van der Waals surface area contributed by atoms with Gasteiger partial charge < -0.3 is 24.8 Å². The lowest BCUT2D eigenvalue weighted by Crippen LogP contribution is -2.55. The van der Waals surface area contributed by atoms with Gasteiger partial charge in [0.2, 0.25) is 0 Å². The Morgan fingerprint density at radius 1 is 0.947 bits per heavy atom. The van der Waals surface area contributed by atoms with Crippen LogP contribution in [0.3, 0.4) is 0 Å². The van der Waals surface area contributed by atoms with E-state index in [1.165, 1.54) is 16.5 Å². The van der Waals surface area contributed by atoms with Crippen LogP contribution in [-0.4, -0.2) is 77.7 Å². The third kappa shape index (κ3) is 4.77. The average Bonchev–Trinajstić information content (AvgIpc) is 3.28. The molecule has 1 aromatic carbocycles. The van der Waals surface area contributed by atoms with Crippen molar-refractivity contribution in [1.29, 1.82) is 0 Å². The Hall–Kier alpha value is -3.75. The lowest BCUT2D eigenvalue weighted by Gasteiger charge is -2.37. The molecule has 0 spiro atoms. The number of carbonyl (C=O) groups excluding carboxylic acids is 1. The molecule has 0 saturated carbocycles. The number of hydrogen-bond acceptors (Lipinski definition) is 6. The van der Waals surface area contributed by atoms with E-state index in [-0.39, 0.29) is 12.0 Å². The van der Waals surface area contributed by atoms with E-state index in [9.17, 15) is 4.79 Å². The predicted octanol–water partition coefficient (Wildman–Crippen LogP) is 3.85. The van der Waals surface area contributed by atoms with Crippen molar-refractivity contribution in [2.45, 2.75) is 26.9 Å². The molecule has 2 N–H and O–H groups in total. The number of rotatable bonds is 4. The maximum absolute atomic E-state index is 12.7. The lowest BCUT2D eigenvalue weighted by molar-refractivity contribution is -0.145. The van der Waals surface area contributed by atoms with Crippen LogP contribution in [0.5, 0.6) is 0 Å². The van der Waals surface area contributed by atoms with Gasteiger partial charge in [0.15, 0.2) is 0 Å². The molecule has 8 nitrogen and oxygen atoms in total. The van der Waals surface area contributed by atoms with Crippen LogP contribution >= 0.6 is 0 Å². The lowest BCUT2D eigenvalue weighted by atomic mass is 10.0. The topological polar surface area (TPSA) is 86.4 Å². The molecule has 1 atom stereocenters. The number of piperazine rings is 1. The van der Waals surface area contributed by atoms with E-state index in [0.717, 1.165) is 59.2 Å². The van der Waals surface area contributed by atoms with E-state index in [2.05, 4.69) is 69.6 Å². The average molecular weight is 511 g/mol. The molecule has 5 heterocycles. The third-order valence-electron chi connectivity index (χ3n) is 7.63. The first kappa shape index (κ1) is 24.6. The standard InChI is InChI=1S/C30H34N6O2/c1-19-14-24(15-20(2)33-19)29-21(3)25-6-4-22(16-26(25)34-29)23-5-7-28(32-17-23)35-9-11-36(12-10-35)30(37)27-18-31-8-13-38-27/h4-7,14-17,27,31,34H,8-13,18H2,1-3H3/t27-/m0/s1. The number of carbonyl (C=O) groups is 1. The fourth-order valence-electron chi connectivity index (χ4n) is 5.61. The summed E-state index contributed by atoms with van der Waals surface area (Å²) in [7, 11) is 0. The number of aromatic nitrogens is 3. The van der Waals surface area contributed by atoms with Gasteiger partial charge >= 0.3 is 0 Å². The van der Waals surface area contributed by atoms with Crippen LogP contribution in [0.15, 0.2) is 48.7 Å². The Balaban J connectivity index is 1.16. The molecule has 0 unspecified atom stereocenters. The van der Waals surface area contributed by atoms with Crippen LogP contribution in [-0.2, 0) is 9.53 Å². The number of H-pyrrole nitrogens is 1. The molecule has 3 aromatic heterocycles. The van der Waals surface area contributed by atoms with Gasteiger partial charge in [0.25, 0.3) is 5.91 Å². The summed E-state index contributed by atoms with van der Waals surface area (Å²) in [4.78, 5) is 29.8. The minimum Gasteiger partial charge on any atom is -0.366 e. The van der Waals surface area contributed by atoms with Gasteiger partial charge in [-0.1, -0.05) is 12.1 Å². The van der Waals surface area contributed by atoms with Crippen LogP contribution < -0.4 is 10.2 Å². The van der Waals surface area contributed by atoms with Gasteiger partial charge in [0.05, 0.1) is 6.61 Å². The van der Waals surface area contributed by atoms with Crippen molar-refractivity contribution in [2.24, 2.45) is 0 Å². The first-order chi connectivity index (χ1) is 18.5. The van der Waals surface area contributed by atoms with Gasteiger partial charge in [-0.25, -0.2) is 4.98 Å². The first-order valence-corrected chi connectivity index (χ1v) is 13.4. The van der Waals surface area contributed by atoms with Gasteiger partial charge in [-0.05, 0) is 62.2 Å². The summed E-state index contributed by atoms with van der Waals surface area (Å²) >= 11 is 0. The number of benzene rings is 1. The number of aromatic amines is 1. The number of anilines is 1. The van der Waals surface area contributed by atoms with Crippen LogP contribution in [0.25, 0.3) is 33.3 Å². The number of nitrogens with zero attached hydrogens (tertiary/aromatic N) is 4. The van der Waals surface area contributed by atoms with Gasteiger partial charge in [-0.2, -0.15) is 0 Å². The molecule has 196 valence electrons. The fourth-order valence-corrected chi connectivity index (χ4v) is 5.61. The highest BCUT2D eigenvalue weighted by atomic mass is 16.5. The number of ether oxygens (including phenoxy) is 1. The van der Waals surface area contributed by atoms with Crippen molar-refractivity contribution in [3.63, 3.8) is 0 Å². The van der Waals surface area contributed by atoms with E-state index in [1.54, 1.807) is 0 Å². The van der Waals surface area contributed by atoms with Crippen molar-refractivity contribution in [2.75, 3.05) is 50.8 Å². The quantitative estimate of drug-likeness (QED) is 0.434. The monoisotopic (exact) mass is 510 g/mol. The summed E-state index contributed by atoms with van der Waals surface area (Å²) < 4.78 is 5.64. The van der Waals surface area contributed by atoms with Crippen molar-refractivity contribution in [3.05, 3.63) is 65.6 Å². The molecule has 0 aliphatic carbocycles. The molecular formula is C30H34N6O2. The minimum absolute atomic E-state index is 0.0902. The summed E-state index contributed by atoms with van der Waals surface area (Å²) in [5, 5.41) is 4.46. The number of aryl methyl sites for hydroxylation is 3. The van der Waals surface area contributed by atoms with E-state index >= 15 is 0 Å². The Bertz CT molecular complexity index is 1440. The van der Waals surface area contributed by atoms with E-state index in [0.29, 0.717) is 26.2 Å². The largest absolute Gasteiger partial charge is 0.366 e. The molecule has 2 aliphatic rings. The predicted molar refractivity (Wildman–Crippen MR) is 150 cm³/mol. The van der Waals surface area contributed by atoms with Crippen LogP contribution in [0.2, 0.25) is 0 Å². The number of fused-ring (bicyclic) bond motifs is 1. The van der Waals surface area contributed by atoms with Crippen LogP contribution in [0, 0.1) is 20.8 Å². The third-order valence-corrected chi connectivity index (χ3v) is 7.63. The summed E-state index contributed by atoms with van der Waals surface area (Å²) in [6.07, 6.45) is 1.59. The Kier molecular flexibility index (Phi) is 6.59. The number of amides is 1. The van der Waals surface area contributed by atoms with Gasteiger partial charge in [-0.15, -0.1) is 0 Å². The number of morpholine rings is 1. The summed E-state index contributed by atoms with van der Waals surface area (Å²) in [6, 6.07) is 15.0. The number of pyridine rings is 2. The first-order valence-electron chi connectivity index (χ1n) is 13.4. The smallest absolute Gasteiger partial charge is 0.253 e. The molecule has 4 aromatic rings. The van der Waals surface area contributed by atoms with Crippen molar-refractivity contribution >= 4 is 22.6 Å². The molecule has 8 heteroatoms. The zero-order valence-electron chi connectivity index (χ0n) is 22.3.